The van der Waals surface area contributed by atoms with E-state index in [4.69, 9.17) is 20.9 Å². The van der Waals surface area contributed by atoms with Crippen LogP contribution in [0.5, 0.6) is 5.75 Å². The van der Waals surface area contributed by atoms with Gasteiger partial charge in [-0.15, -0.1) is 0 Å². The normalized spacial score (nSPS) is 17.5. The van der Waals surface area contributed by atoms with Crippen LogP contribution in [0.3, 0.4) is 0 Å². The molecule has 0 fully saturated rings. The van der Waals surface area contributed by atoms with Crippen molar-refractivity contribution in [2.75, 3.05) is 18.9 Å². The third-order valence-electron chi connectivity index (χ3n) is 3.36. The molecule has 0 saturated heterocycles. The average molecular weight is 288 g/mol. The van der Waals surface area contributed by atoms with Gasteiger partial charge in [0.05, 0.1) is 12.7 Å². The molecule has 2 rings (SSSR count). The van der Waals surface area contributed by atoms with Gasteiger partial charge in [-0.1, -0.05) is 12.2 Å². The van der Waals surface area contributed by atoms with E-state index < -0.39 is 0 Å². The van der Waals surface area contributed by atoms with Crippen molar-refractivity contribution in [1.29, 1.82) is 0 Å². The van der Waals surface area contributed by atoms with Crippen LogP contribution >= 0.6 is 0 Å². The highest BCUT2D eigenvalue weighted by atomic mass is 16.5. The molecule has 1 unspecified atom stereocenters. The fourth-order valence-electron chi connectivity index (χ4n) is 2.11. The Morgan fingerprint density at radius 3 is 2.48 bits per heavy atom. The second kappa shape index (κ2) is 8.37. The van der Waals surface area contributed by atoms with Crippen LogP contribution in [-0.2, 0) is 4.74 Å². The maximum atomic E-state index is 5.77. The third-order valence-corrected chi connectivity index (χ3v) is 3.36. The highest BCUT2D eigenvalue weighted by Gasteiger charge is 2.06. The van der Waals surface area contributed by atoms with Crippen LogP contribution in [0.25, 0.3) is 0 Å². The zero-order valence-electron chi connectivity index (χ0n) is 12.3. The first-order chi connectivity index (χ1) is 10.2. The van der Waals surface area contributed by atoms with Gasteiger partial charge in [-0.2, -0.15) is 0 Å². The Balaban J connectivity index is 1.47. The molecule has 1 atom stereocenters. The van der Waals surface area contributed by atoms with E-state index in [9.17, 15) is 0 Å². The summed E-state index contributed by atoms with van der Waals surface area (Å²) in [6.45, 7) is 1.51. The summed E-state index contributed by atoms with van der Waals surface area (Å²) >= 11 is 0. The Morgan fingerprint density at radius 2 is 1.76 bits per heavy atom. The summed E-state index contributed by atoms with van der Waals surface area (Å²) in [5.74, 6) is 0.872. The number of anilines is 1. The number of ether oxygens (including phenoxy) is 2. The third kappa shape index (κ3) is 5.92. The summed E-state index contributed by atoms with van der Waals surface area (Å²) in [6.07, 6.45) is 10.2. The lowest BCUT2D eigenvalue weighted by atomic mass is 10.1. The molecule has 114 valence electrons. The van der Waals surface area contributed by atoms with E-state index in [1.165, 1.54) is 0 Å². The lowest BCUT2D eigenvalue weighted by molar-refractivity contribution is 0.0823. The van der Waals surface area contributed by atoms with E-state index in [0.717, 1.165) is 56.0 Å². The lowest BCUT2D eigenvalue weighted by Gasteiger charge is -2.15. The Bertz CT molecular complexity index is 480. The number of nitrogen functional groups attached to an aromatic ring is 1. The fraction of sp³-hybridized carbons (Fsp3) is 0.412. The van der Waals surface area contributed by atoms with E-state index in [-0.39, 0.29) is 6.10 Å². The fourth-order valence-corrected chi connectivity index (χ4v) is 2.11. The number of rotatable bonds is 8. The van der Waals surface area contributed by atoms with Crippen LogP contribution in [0.15, 0.2) is 48.2 Å². The molecule has 0 amide bonds. The van der Waals surface area contributed by atoms with Crippen molar-refractivity contribution in [1.82, 2.24) is 0 Å². The molecule has 0 heterocycles. The maximum Gasteiger partial charge on any atom is 0.119 e. The molecule has 0 aliphatic heterocycles. The van der Waals surface area contributed by atoms with Crippen molar-refractivity contribution >= 4 is 5.69 Å². The average Bonchev–Trinajstić information content (AvgIpc) is 2.50. The monoisotopic (exact) mass is 288 g/mol. The van der Waals surface area contributed by atoms with Crippen LogP contribution in [0.4, 0.5) is 5.69 Å². The highest BCUT2D eigenvalue weighted by molar-refractivity contribution is 5.41. The van der Waals surface area contributed by atoms with Gasteiger partial charge in [-0.25, -0.2) is 0 Å². The summed E-state index contributed by atoms with van der Waals surface area (Å²) in [5.41, 5.74) is 12.9. The van der Waals surface area contributed by atoms with E-state index >= 15 is 0 Å². The van der Waals surface area contributed by atoms with Crippen molar-refractivity contribution < 1.29 is 9.47 Å². The van der Waals surface area contributed by atoms with Gasteiger partial charge in [0.15, 0.2) is 0 Å². The quantitative estimate of drug-likeness (QED) is 0.570. The standard InChI is InChI=1S/C17H24N2O2/c18-14-4-8-16(9-5-14)20-12-2-1-3-13-21-17-10-6-15(19)7-11-17/h4-10,17H,1-3,11-13,18-19H2. The molecular weight excluding hydrogens is 264 g/mol. The van der Waals surface area contributed by atoms with Gasteiger partial charge in [-0.05, 0) is 56.0 Å². The van der Waals surface area contributed by atoms with Crippen molar-refractivity contribution in [2.24, 2.45) is 5.73 Å². The van der Waals surface area contributed by atoms with Crippen LogP contribution in [-0.4, -0.2) is 19.3 Å². The molecule has 0 saturated carbocycles. The number of benzene rings is 1. The zero-order valence-corrected chi connectivity index (χ0v) is 12.3. The second-order valence-electron chi connectivity index (χ2n) is 5.19. The molecule has 1 aromatic carbocycles. The Morgan fingerprint density at radius 1 is 1.00 bits per heavy atom. The first-order valence-electron chi connectivity index (χ1n) is 7.48. The summed E-state index contributed by atoms with van der Waals surface area (Å²) in [7, 11) is 0. The van der Waals surface area contributed by atoms with E-state index in [0.29, 0.717) is 0 Å². The lowest BCUT2D eigenvalue weighted by Crippen LogP contribution is -2.14. The second-order valence-corrected chi connectivity index (χ2v) is 5.19. The number of hydrogen-bond acceptors (Lipinski definition) is 4. The van der Waals surface area contributed by atoms with Gasteiger partial charge >= 0.3 is 0 Å². The molecule has 1 aliphatic carbocycles. The van der Waals surface area contributed by atoms with Crippen molar-refractivity contribution in [3.05, 3.63) is 48.2 Å². The highest BCUT2D eigenvalue weighted by Crippen LogP contribution is 2.14. The molecule has 0 radical (unpaired) electrons. The topological polar surface area (TPSA) is 70.5 Å². The minimum Gasteiger partial charge on any atom is -0.494 e. The minimum atomic E-state index is 0.184. The smallest absolute Gasteiger partial charge is 0.119 e. The number of allylic oxidation sites excluding steroid dienone is 1. The SMILES string of the molecule is NC1=CCC(OCCCCCOc2ccc(N)cc2)C=C1. The summed E-state index contributed by atoms with van der Waals surface area (Å²) in [4.78, 5) is 0. The molecule has 1 aliphatic rings. The van der Waals surface area contributed by atoms with E-state index in [1.807, 2.05) is 42.5 Å². The maximum absolute atomic E-state index is 5.77. The first-order valence-corrected chi connectivity index (χ1v) is 7.48. The number of nitrogens with two attached hydrogens (primary N) is 2. The molecule has 21 heavy (non-hydrogen) atoms. The van der Waals surface area contributed by atoms with Gasteiger partial charge in [0.1, 0.15) is 5.75 Å². The Hall–Kier alpha value is -1.94. The largest absolute Gasteiger partial charge is 0.494 e. The van der Waals surface area contributed by atoms with Gasteiger partial charge in [0, 0.05) is 18.0 Å². The summed E-state index contributed by atoms with van der Waals surface area (Å²) < 4.78 is 11.4. The molecule has 4 heteroatoms. The van der Waals surface area contributed by atoms with E-state index in [1.54, 1.807) is 0 Å². The molecule has 1 aromatic rings. The minimum absolute atomic E-state index is 0.184. The van der Waals surface area contributed by atoms with Crippen molar-refractivity contribution in [3.63, 3.8) is 0 Å². The van der Waals surface area contributed by atoms with Gasteiger partial charge in [-0.3, -0.25) is 0 Å². The van der Waals surface area contributed by atoms with Crippen molar-refractivity contribution in [2.45, 2.75) is 31.8 Å². The van der Waals surface area contributed by atoms with E-state index in [2.05, 4.69) is 0 Å². The van der Waals surface area contributed by atoms with Crippen LogP contribution < -0.4 is 16.2 Å². The molecular formula is C17H24N2O2. The molecule has 4 nitrogen and oxygen atoms in total. The van der Waals surface area contributed by atoms with Crippen LogP contribution in [0.2, 0.25) is 0 Å². The molecule has 4 N–H and O–H groups in total. The Kier molecular flexibility index (Phi) is 6.16. The van der Waals surface area contributed by atoms with Gasteiger partial charge < -0.3 is 20.9 Å². The number of hydrogen-bond donors (Lipinski definition) is 2. The van der Waals surface area contributed by atoms with Crippen LogP contribution in [0.1, 0.15) is 25.7 Å². The van der Waals surface area contributed by atoms with Gasteiger partial charge in [0.25, 0.3) is 0 Å². The first kappa shape index (κ1) is 15.4. The van der Waals surface area contributed by atoms with Crippen molar-refractivity contribution in [3.8, 4) is 5.75 Å². The molecule has 0 aromatic heterocycles. The number of unbranched alkanes of at least 4 members (excludes halogenated alkanes) is 2. The predicted molar refractivity (Wildman–Crippen MR) is 86.0 cm³/mol. The van der Waals surface area contributed by atoms with Gasteiger partial charge in [0.2, 0.25) is 0 Å². The Labute approximate surface area is 126 Å². The predicted octanol–water partition coefficient (Wildman–Crippen LogP) is 3.01. The molecule has 0 bridgehead atoms. The molecule has 0 spiro atoms. The summed E-state index contributed by atoms with van der Waals surface area (Å²) in [6, 6.07) is 7.49. The summed E-state index contributed by atoms with van der Waals surface area (Å²) in [5, 5.41) is 0. The zero-order chi connectivity index (χ0) is 14.9. The van der Waals surface area contributed by atoms with Crippen LogP contribution in [0, 0.1) is 0 Å².